The Morgan fingerprint density at radius 3 is 2.81 bits per heavy atom. The maximum absolute atomic E-state index is 10.0. The van der Waals surface area contributed by atoms with Gasteiger partial charge in [0.15, 0.2) is 0 Å². The van der Waals surface area contributed by atoms with Gasteiger partial charge in [0.2, 0.25) is 0 Å². The number of fused-ring (bicyclic) bond motifs is 1. The Bertz CT molecular complexity index is 240. The lowest BCUT2D eigenvalue weighted by atomic mass is 9.90. The van der Waals surface area contributed by atoms with E-state index in [4.69, 9.17) is 4.74 Å². The molecule has 3 rings (SSSR count). The molecule has 1 saturated heterocycles. The first-order valence-electron chi connectivity index (χ1n) is 6.88. The topological polar surface area (TPSA) is 32.7 Å². The summed E-state index contributed by atoms with van der Waals surface area (Å²) in [6.45, 7) is 2.76. The Morgan fingerprint density at radius 1 is 1.19 bits per heavy atom. The first-order valence-corrected chi connectivity index (χ1v) is 6.88. The van der Waals surface area contributed by atoms with Crippen LogP contribution >= 0.6 is 0 Å². The highest BCUT2D eigenvalue weighted by Gasteiger charge is 2.37. The lowest BCUT2D eigenvalue weighted by molar-refractivity contribution is -0.0984. The van der Waals surface area contributed by atoms with E-state index in [0.29, 0.717) is 18.1 Å². The van der Waals surface area contributed by atoms with Gasteiger partial charge < -0.3 is 9.84 Å². The summed E-state index contributed by atoms with van der Waals surface area (Å²) in [6.07, 6.45) is 7.98. The molecule has 0 radical (unpaired) electrons. The molecule has 3 fully saturated rings. The second kappa shape index (κ2) is 4.63. The van der Waals surface area contributed by atoms with E-state index >= 15 is 0 Å². The quantitative estimate of drug-likeness (QED) is 0.788. The second-order valence-electron chi connectivity index (χ2n) is 5.66. The molecule has 0 aromatic heterocycles. The van der Waals surface area contributed by atoms with Gasteiger partial charge >= 0.3 is 0 Å². The van der Waals surface area contributed by atoms with Gasteiger partial charge in [0.25, 0.3) is 0 Å². The van der Waals surface area contributed by atoms with Crippen molar-refractivity contribution < 1.29 is 9.84 Å². The van der Waals surface area contributed by atoms with Gasteiger partial charge in [0.05, 0.1) is 18.8 Å². The van der Waals surface area contributed by atoms with E-state index in [1.54, 1.807) is 0 Å². The molecule has 2 saturated carbocycles. The van der Waals surface area contributed by atoms with E-state index in [-0.39, 0.29) is 6.10 Å². The van der Waals surface area contributed by atoms with Crippen molar-refractivity contribution in [3.05, 3.63) is 0 Å². The van der Waals surface area contributed by atoms with Crippen molar-refractivity contribution in [2.45, 2.75) is 56.8 Å². The van der Waals surface area contributed by atoms with E-state index < -0.39 is 0 Å². The maximum Gasteiger partial charge on any atom is 0.0730 e. The van der Waals surface area contributed by atoms with Crippen molar-refractivity contribution >= 4 is 0 Å². The fraction of sp³-hybridized carbons (Fsp3) is 1.00. The van der Waals surface area contributed by atoms with Gasteiger partial charge in [-0.15, -0.1) is 0 Å². The molecular formula is C13H23NO2. The summed E-state index contributed by atoms with van der Waals surface area (Å²) in [5.41, 5.74) is 0. The Kier molecular flexibility index (Phi) is 3.18. The highest BCUT2D eigenvalue weighted by atomic mass is 16.5. The normalized spacial score (nSPS) is 38.1. The molecule has 2 aliphatic carbocycles. The minimum Gasteiger partial charge on any atom is -0.392 e. The molecule has 3 heteroatoms. The monoisotopic (exact) mass is 225 g/mol. The summed E-state index contributed by atoms with van der Waals surface area (Å²) in [5.74, 6) is 0.602. The van der Waals surface area contributed by atoms with Crippen LogP contribution in [0.1, 0.15) is 38.5 Å². The number of hydrogen-bond acceptors (Lipinski definition) is 3. The Morgan fingerprint density at radius 2 is 2.00 bits per heavy atom. The van der Waals surface area contributed by atoms with Crippen LogP contribution in [0, 0.1) is 5.92 Å². The van der Waals surface area contributed by atoms with Crippen LogP contribution in [0.3, 0.4) is 0 Å². The van der Waals surface area contributed by atoms with Crippen molar-refractivity contribution in [1.29, 1.82) is 0 Å². The number of aliphatic hydroxyl groups is 1. The summed E-state index contributed by atoms with van der Waals surface area (Å²) in [6, 6.07) is 0.593. The van der Waals surface area contributed by atoms with Crippen LogP contribution in [-0.2, 0) is 4.74 Å². The van der Waals surface area contributed by atoms with E-state index in [0.717, 1.165) is 19.7 Å². The zero-order valence-electron chi connectivity index (χ0n) is 9.98. The predicted octanol–water partition coefficient (Wildman–Crippen LogP) is 1.40. The van der Waals surface area contributed by atoms with Gasteiger partial charge in [0, 0.05) is 19.1 Å². The van der Waals surface area contributed by atoms with E-state index in [9.17, 15) is 5.11 Å². The van der Waals surface area contributed by atoms with E-state index in [1.807, 2.05) is 0 Å². The van der Waals surface area contributed by atoms with Crippen molar-refractivity contribution in [3.63, 3.8) is 0 Å². The summed E-state index contributed by atoms with van der Waals surface area (Å²) >= 11 is 0. The zero-order valence-corrected chi connectivity index (χ0v) is 9.98. The summed E-state index contributed by atoms with van der Waals surface area (Å²) in [7, 11) is 0. The smallest absolute Gasteiger partial charge is 0.0730 e. The molecule has 3 nitrogen and oxygen atoms in total. The number of morpholine rings is 1. The molecule has 1 N–H and O–H groups in total. The third-order valence-electron chi connectivity index (χ3n) is 4.43. The minimum atomic E-state index is -0.0827. The molecule has 92 valence electrons. The van der Waals surface area contributed by atoms with Crippen LogP contribution in [-0.4, -0.2) is 48.0 Å². The van der Waals surface area contributed by atoms with Gasteiger partial charge in [0.1, 0.15) is 0 Å². The summed E-state index contributed by atoms with van der Waals surface area (Å²) in [4.78, 5) is 2.50. The average molecular weight is 225 g/mol. The van der Waals surface area contributed by atoms with Gasteiger partial charge in [-0.25, -0.2) is 0 Å². The van der Waals surface area contributed by atoms with Crippen LogP contribution in [0.15, 0.2) is 0 Å². The van der Waals surface area contributed by atoms with Crippen molar-refractivity contribution in [2.24, 2.45) is 5.92 Å². The SMILES string of the molecule is OC(CN1CCOC2CCCCC21)C1CC1. The molecular weight excluding hydrogens is 202 g/mol. The van der Waals surface area contributed by atoms with Gasteiger partial charge in [-0.2, -0.15) is 0 Å². The highest BCUT2D eigenvalue weighted by molar-refractivity contribution is 4.90. The number of β-amino-alcohol motifs (C(OH)–C–C–N with tert-alkyl or cyclic N) is 1. The average Bonchev–Trinajstić information content (AvgIpc) is 3.13. The molecule has 16 heavy (non-hydrogen) atoms. The maximum atomic E-state index is 10.0. The Balaban J connectivity index is 1.59. The molecule has 3 aliphatic rings. The van der Waals surface area contributed by atoms with Crippen LogP contribution in [0.2, 0.25) is 0 Å². The van der Waals surface area contributed by atoms with Crippen LogP contribution in [0.4, 0.5) is 0 Å². The third-order valence-corrected chi connectivity index (χ3v) is 4.43. The standard InChI is InChI=1S/C13H23NO2/c15-12(10-5-6-10)9-14-7-8-16-13-4-2-1-3-11(13)14/h10-13,15H,1-9H2. The molecule has 0 spiro atoms. The molecule has 3 unspecified atom stereocenters. The number of ether oxygens (including phenoxy) is 1. The molecule has 0 amide bonds. The third kappa shape index (κ3) is 2.27. The van der Waals surface area contributed by atoms with Crippen molar-refractivity contribution in [3.8, 4) is 0 Å². The highest BCUT2D eigenvalue weighted by Crippen LogP contribution is 2.34. The largest absolute Gasteiger partial charge is 0.392 e. The van der Waals surface area contributed by atoms with Crippen LogP contribution in [0.5, 0.6) is 0 Å². The number of aliphatic hydroxyl groups excluding tert-OH is 1. The Labute approximate surface area is 97.8 Å². The first-order chi connectivity index (χ1) is 7.84. The molecule has 0 bridgehead atoms. The van der Waals surface area contributed by atoms with Gasteiger partial charge in [-0.3, -0.25) is 4.90 Å². The van der Waals surface area contributed by atoms with Crippen LogP contribution in [0.25, 0.3) is 0 Å². The summed E-state index contributed by atoms with van der Waals surface area (Å²) < 4.78 is 5.85. The van der Waals surface area contributed by atoms with Crippen molar-refractivity contribution in [1.82, 2.24) is 4.90 Å². The van der Waals surface area contributed by atoms with Crippen molar-refractivity contribution in [2.75, 3.05) is 19.7 Å². The number of nitrogens with zero attached hydrogens (tertiary/aromatic N) is 1. The van der Waals surface area contributed by atoms with Gasteiger partial charge in [-0.1, -0.05) is 12.8 Å². The fourth-order valence-corrected chi connectivity index (χ4v) is 3.27. The zero-order chi connectivity index (χ0) is 11.0. The molecule has 1 aliphatic heterocycles. The minimum absolute atomic E-state index is 0.0827. The number of rotatable bonds is 3. The first kappa shape index (κ1) is 11.0. The Hall–Kier alpha value is -0.120. The molecule has 0 aromatic rings. The second-order valence-corrected chi connectivity index (χ2v) is 5.66. The molecule has 1 heterocycles. The van der Waals surface area contributed by atoms with Crippen LogP contribution < -0.4 is 0 Å². The lowest BCUT2D eigenvalue weighted by Gasteiger charge is -2.44. The lowest BCUT2D eigenvalue weighted by Crippen LogP contribution is -2.54. The molecule has 3 atom stereocenters. The van der Waals surface area contributed by atoms with E-state index in [1.165, 1.54) is 38.5 Å². The summed E-state index contributed by atoms with van der Waals surface area (Å²) in [5, 5.41) is 10.0. The number of hydrogen-bond donors (Lipinski definition) is 1. The predicted molar refractivity (Wildman–Crippen MR) is 62.3 cm³/mol. The van der Waals surface area contributed by atoms with E-state index in [2.05, 4.69) is 4.90 Å². The fourth-order valence-electron chi connectivity index (χ4n) is 3.27. The van der Waals surface area contributed by atoms with Gasteiger partial charge in [-0.05, 0) is 31.6 Å². The molecule has 0 aromatic carbocycles.